The Morgan fingerprint density at radius 1 is 1.11 bits per heavy atom. The number of amides is 1. The summed E-state index contributed by atoms with van der Waals surface area (Å²) in [6.45, 7) is 5.37. The van der Waals surface area contributed by atoms with Crippen molar-refractivity contribution in [3.63, 3.8) is 0 Å². The molecular formula is C20H19N5O3. The van der Waals surface area contributed by atoms with Crippen molar-refractivity contribution in [1.29, 1.82) is 0 Å². The number of H-pyrrole nitrogens is 2. The molecule has 0 atom stereocenters. The first-order chi connectivity index (χ1) is 13.3. The Kier molecular flexibility index (Phi) is 4.11. The van der Waals surface area contributed by atoms with Crippen LogP contribution < -0.4 is 10.9 Å². The molecule has 142 valence electrons. The summed E-state index contributed by atoms with van der Waals surface area (Å²) in [6, 6.07) is 12.9. The lowest BCUT2D eigenvalue weighted by atomic mass is 10.0. The highest BCUT2D eigenvalue weighted by Gasteiger charge is 2.17. The summed E-state index contributed by atoms with van der Waals surface area (Å²) >= 11 is 0. The highest BCUT2D eigenvalue weighted by atomic mass is 16.6. The minimum absolute atomic E-state index is 0.231. The fourth-order valence-electron chi connectivity index (χ4n) is 2.95. The molecule has 8 heteroatoms. The Labute approximate surface area is 159 Å². The highest BCUT2D eigenvalue weighted by molar-refractivity contribution is 5.96. The minimum Gasteiger partial charge on any atom is -0.444 e. The van der Waals surface area contributed by atoms with Gasteiger partial charge in [0.25, 0.3) is 5.56 Å². The van der Waals surface area contributed by atoms with Crippen LogP contribution in [0.3, 0.4) is 0 Å². The van der Waals surface area contributed by atoms with Crippen molar-refractivity contribution in [3.8, 4) is 11.3 Å². The number of hydrogen-bond donors (Lipinski definition) is 3. The number of nitrogens with zero attached hydrogens (tertiary/aromatic N) is 2. The molecule has 2 aromatic carbocycles. The van der Waals surface area contributed by atoms with Gasteiger partial charge in [-0.2, -0.15) is 5.10 Å². The number of rotatable bonds is 2. The van der Waals surface area contributed by atoms with Crippen LogP contribution in [0.4, 0.5) is 10.7 Å². The van der Waals surface area contributed by atoms with E-state index in [0.717, 1.165) is 16.5 Å². The first kappa shape index (κ1) is 17.7. The quantitative estimate of drug-likeness (QED) is 0.492. The Morgan fingerprint density at radius 2 is 1.86 bits per heavy atom. The predicted octanol–water partition coefficient (Wildman–Crippen LogP) is 3.81. The van der Waals surface area contributed by atoms with Crippen LogP contribution in [0.2, 0.25) is 0 Å². The minimum atomic E-state index is -0.597. The first-order valence-electron chi connectivity index (χ1n) is 8.78. The highest BCUT2D eigenvalue weighted by Crippen LogP contribution is 2.27. The first-order valence-corrected chi connectivity index (χ1v) is 8.78. The Morgan fingerprint density at radius 3 is 2.61 bits per heavy atom. The molecule has 0 aliphatic carbocycles. The third kappa shape index (κ3) is 3.44. The third-order valence-electron chi connectivity index (χ3n) is 4.07. The molecule has 1 amide bonds. The zero-order valence-electron chi connectivity index (χ0n) is 15.7. The molecule has 4 rings (SSSR count). The molecule has 0 bridgehead atoms. The average Bonchev–Trinajstić information content (AvgIpc) is 3.01. The van der Waals surface area contributed by atoms with Gasteiger partial charge in [-0.1, -0.05) is 24.3 Å². The van der Waals surface area contributed by atoms with Gasteiger partial charge in [0.15, 0.2) is 0 Å². The molecule has 0 fully saturated rings. The number of benzene rings is 2. The molecule has 2 heterocycles. The fourth-order valence-corrected chi connectivity index (χ4v) is 2.95. The van der Waals surface area contributed by atoms with Gasteiger partial charge in [-0.05, 0) is 39.0 Å². The van der Waals surface area contributed by atoms with Crippen molar-refractivity contribution in [3.05, 3.63) is 52.8 Å². The van der Waals surface area contributed by atoms with Gasteiger partial charge in [-0.25, -0.2) is 14.9 Å². The second-order valence-corrected chi connectivity index (χ2v) is 7.39. The molecule has 8 nitrogen and oxygen atoms in total. The summed E-state index contributed by atoms with van der Waals surface area (Å²) in [7, 11) is 0. The van der Waals surface area contributed by atoms with Gasteiger partial charge >= 0.3 is 6.09 Å². The van der Waals surface area contributed by atoms with E-state index < -0.39 is 11.7 Å². The Bertz CT molecular complexity index is 1250. The third-order valence-corrected chi connectivity index (χ3v) is 4.07. The van der Waals surface area contributed by atoms with Gasteiger partial charge < -0.3 is 9.72 Å². The van der Waals surface area contributed by atoms with Crippen molar-refractivity contribution >= 4 is 33.8 Å². The number of imidazole rings is 1. The molecule has 4 aromatic rings. The molecule has 3 N–H and O–H groups in total. The summed E-state index contributed by atoms with van der Waals surface area (Å²) in [5.41, 5.74) is 2.05. The number of ether oxygens (including phenoxy) is 1. The lowest BCUT2D eigenvalue weighted by Crippen LogP contribution is -2.27. The van der Waals surface area contributed by atoms with Gasteiger partial charge in [0.1, 0.15) is 5.60 Å². The number of aromatic amines is 2. The van der Waals surface area contributed by atoms with Gasteiger partial charge in [0.2, 0.25) is 5.95 Å². The summed E-state index contributed by atoms with van der Waals surface area (Å²) in [4.78, 5) is 31.3. The van der Waals surface area contributed by atoms with Crippen LogP contribution in [0.5, 0.6) is 0 Å². The zero-order chi connectivity index (χ0) is 19.9. The van der Waals surface area contributed by atoms with Crippen LogP contribution in [0.25, 0.3) is 33.1 Å². The molecule has 0 radical (unpaired) electrons. The lowest BCUT2D eigenvalue weighted by molar-refractivity contribution is 0.0635. The van der Waals surface area contributed by atoms with Crippen molar-refractivity contribution in [1.82, 2.24) is 20.2 Å². The monoisotopic (exact) mass is 377 g/mol. The van der Waals surface area contributed by atoms with E-state index in [9.17, 15) is 9.59 Å². The second-order valence-electron chi connectivity index (χ2n) is 7.39. The maximum atomic E-state index is 12.0. The van der Waals surface area contributed by atoms with E-state index in [1.807, 2.05) is 36.4 Å². The van der Waals surface area contributed by atoms with Crippen LogP contribution in [0.15, 0.2) is 47.3 Å². The van der Waals surface area contributed by atoms with Crippen LogP contribution in [0.1, 0.15) is 20.8 Å². The average molecular weight is 377 g/mol. The number of nitrogens with one attached hydrogen (secondary N) is 3. The van der Waals surface area contributed by atoms with Crippen LogP contribution in [-0.4, -0.2) is 31.9 Å². The molecular weight excluding hydrogens is 358 g/mol. The summed E-state index contributed by atoms with van der Waals surface area (Å²) in [6.07, 6.45) is -0.583. The number of anilines is 1. The van der Waals surface area contributed by atoms with E-state index in [1.165, 1.54) is 0 Å². The molecule has 2 aromatic heterocycles. The van der Waals surface area contributed by atoms with Gasteiger partial charge in [0.05, 0.1) is 22.1 Å². The van der Waals surface area contributed by atoms with E-state index in [0.29, 0.717) is 22.5 Å². The van der Waals surface area contributed by atoms with Crippen molar-refractivity contribution in [2.45, 2.75) is 26.4 Å². The number of hydrogen-bond acceptors (Lipinski definition) is 5. The van der Waals surface area contributed by atoms with Crippen molar-refractivity contribution in [2.24, 2.45) is 0 Å². The summed E-state index contributed by atoms with van der Waals surface area (Å²) in [5.74, 6) is 0.292. The fraction of sp³-hybridized carbons (Fsp3) is 0.200. The SMILES string of the molecule is CC(C)(C)OC(=O)Nc1nc2ccc(-c3n[nH]c(=O)c4ccccc34)cc2[nH]1. The van der Waals surface area contributed by atoms with Crippen molar-refractivity contribution in [2.75, 3.05) is 5.32 Å². The molecule has 0 aliphatic heterocycles. The summed E-state index contributed by atoms with van der Waals surface area (Å²) < 4.78 is 5.24. The molecule has 0 saturated carbocycles. The lowest BCUT2D eigenvalue weighted by Gasteiger charge is -2.18. The number of aromatic nitrogens is 4. The Hall–Kier alpha value is -3.68. The van der Waals surface area contributed by atoms with Crippen LogP contribution in [-0.2, 0) is 4.74 Å². The van der Waals surface area contributed by atoms with E-state index in [2.05, 4.69) is 25.5 Å². The van der Waals surface area contributed by atoms with E-state index in [4.69, 9.17) is 4.74 Å². The normalized spacial score (nSPS) is 11.7. The van der Waals surface area contributed by atoms with E-state index in [1.54, 1.807) is 26.8 Å². The predicted molar refractivity (Wildman–Crippen MR) is 107 cm³/mol. The largest absolute Gasteiger partial charge is 0.444 e. The smallest absolute Gasteiger partial charge is 0.414 e. The van der Waals surface area contributed by atoms with E-state index in [-0.39, 0.29) is 5.56 Å². The maximum Gasteiger partial charge on any atom is 0.414 e. The zero-order valence-corrected chi connectivity index (χ0v) is 15.7. The number of carbonyl (C=O) groups excluding carboxylic acids is 1. The van der Waals surface area contributed by atoms with Gasteiger partial charge in [-0.15, -0.1) is 0 Å². The molecule has 0 unspecified atom stereocenters. The number of carbonyl (C=O) groups is 1. The maximum absolute atomic E-state index is 12.0. The summed E-state index contributed by atoms with van der Waals surface area (Å²) in [5, 5.41) is 10.7. The molecule has 28 heavy (non-hydrogen) atoms. The second kappa shape index (κ2) is 6.49. The van der Waals surface area contributed by atoms with E-state index >= 15 is 0 Å². The van der Waals surface area contributed by atoms with Gasteiger partial charge in [0, 0.05) is 10.9 Å². The van der Waals surface area contributed by atoms with Crippen LogP contribution >= 0.6 is 0 Å². The number of fused-ring (bicyclic) bond motifs is 2. The Balaban J connectivity index is 1.71. The topological polar surface area (TPSA) is 113 Å². The van der Waals surface area contributed by atoms with Crippen molar-refractivity contribution < 1.29 is 9.53 Å². The molecule has 0 aliphatic rings. The van der Waals surface area contributed by atoms with Crippen LogP contribution in [0, 0.1) is 0 Å². The van der Waals surface area contributed by atoms with Gasteiger partial charge in [-0.3, -0.25) is 10.1 Å². The standard InChI is InChI=1S/C20H19N5O3/c1-20(2,3)28-19(27)23-18-21-14-9-8-11(10-15(14)22-18)16-12-6-4-5-7-13(12)17(26)25-24-16/h4-10H,1-3H3,(H,25,26)(H2,21,22,23,27). The molecule has 0 saturated heterocycles. The molecule has 0 spiro atoms.